The Morgan fingerprint density at radius 3 is 2.54 bits per heavy atom. The smallest absolute Gasteiger partial charge is 0.337 e. The predicted molar refractivity (Wildman–Crippen MR) is 98.5 cm³/mol. The Balaban J connectivity index is 2.26. The molecule has 0 fully saturated rings. The van der Waals surface area contributed by atoms with Crippen LogP contribution in [0.4, 0.5) is 0 Å². The number of hydrogen-bond acceptors (Lipinski definition) is 5. The molecule has 2 aromatic carbocycles. The van der Waals surface area contributed by atoms with Crippen LogP contribution in [0.2, 0.25) is 0 Å². The minimum Gasteiger partial charge on any atom is -0.465 e. The number of rotatable bonds is 6. The molecule has 0 bridgehead atoms. The van der Waals surface area contributed by atoms with Gasteiger partial charge in [0.25, 0.3) is 10.1 Å². The van der Waals surface area contributed by atoms with E-state index in [9.17, 15) is 13.2 Å². The van der Waals surface area contributed by atoms with Crippen molar-refractivity contribution in [3.8, 4) is 5.69 Å². The fourth-order valence-corrected chi connectivity index (χ4v) is 3.92. The lowest BCUT2D eigenvalue weighted by atomic mass is 10.1. The summed E-state index contributed by atoms with van der Waals surface area (Å²) in [5, 5.41) is 0.441. The Bertz CT molecular complexity index is 1040. The lowest BCUT2D eigenvalue weighted by Gasteiger charge is -2.06. The van der Waals surface area contributed by atoms with E-state index >= 15 is 0 Å². The van der Waals surface area contributed by atoms with Crippen LogP contribution >= 0.6 is 11.6 Å². The number of aromatic nitrogens is 1. The van der Waals surface area contributed by atoms with Crippen molar-refractivity contribution >= 4 is 38.6 Å². The quantitative estimate of drug-likeness (QED) is 0.364. The van der Waals surface area contributed by atoms with Crippen LogP contribution in [0.25, 0.3) is 16.6 Å². The number of benzene rings is 2. The van der Waals surface area contributed by atoms with Crippen molar-refractivity contribution in [3.63, 3.8) is 0 Å². The molecule has 1 aromatic heterocycles. The van der Waals surface area contributed by atoms with E-state index in [0.29, 0.717) is 16.5 Å². The molecule has 0 aliphatic carbocycles. The van der Waals surface area contributed by atoms with Gasteiger partial charge >= 0.3 is 5.97 Å². The number of ether oxygens (including phenoxy) is 1. The molecule has 0 spiro atoms. The Morgan fingerprint density at radius 2 is 1.88 bits per heavy atom. The molecule has 0 unspecified atom stereocenters. The monoisotopic (exact) mass is 393 g/mol. The molecule has 0 N–H and O–H groups in total. The first kappa shape index (κ1) is 18.4. The Hall–Kier alpha value is -2.35. The molecule has 1 heterocycles. The van der Waals surface area contributed by atoms with Gasteiger partial charge in [-0.15, -0.1) is 11.6 Å². The third kappa shape index (κ3) is 3.46. The summed E-state index contributed by atoms with van der Waals surface area (Å²) in [6.07, 6.45) is 1.48. The van der Waals surface area contributed by atoms with Crippen molar-refractivity contribution in [3.05, 3.63) is 60.3 Å². The molecule has 0 radical (unpaired) electrons. The third-order valence-corrected chi connectivity index (χ3v) is 5.30. The predicted octanol–water partition coefficient (Wildman–Crippen LogP) is 3.36. The van der Waals surface area contributed by atoms with Crippen molar-refractivity contribution < 1.29 is 22.1 Å². The van der Waals surface area contributed by atoms with E-state index in [2.05, 4.69) is 0 Å². The van der Waals surface area contributed by atoms with Crippen LogP contribution in [0, 0.1) is 0 Å². The zero-order chi connectivity index (χ0) is 18.7. The Labute approximate surface area is 156 Å². The number of nitrogens with zero attached hydrogens (tertiary/aromatic N) is 1. The first-order valence-corrected chi connectivity index (χ1v) is 9.66. The highest BCUT2D eigenvalue weighted by molar-refractivity contribution is 7.87. The molecule has 0 saturated carbocycles. The largest absolute Gasteiger partial charge is 0.465 e. The number of alkyl halides is 1. The van der Waals surface area contributed by atoms with Gasteiger partial charge in [-0.25, -0.2) is 4.79 Å². The van der Waals surface area contributed by atoms with Gasteiger partial charge in [0.15, 0.2) is 0 Å². The van der Waals surface area contributed by atoms with Crippen LogP contribution < -0.4 is 0 Å². The van der Waals surface area contributed by atoms with Crippen molar-refractivity contribution in [2.45, 2.75) is 4.90 Å². The van der Waals surface area contributed by atoms with Gasteiger partial charge in [0, 0.05) is 23.2 Å². The SMILES string of the molecule is COC(=O)c1ccc2c(S(=O)(=O)OCCCl)cn(-c3ccccc3)c2c1. The van der Waals surface area contributed by atoms with Gasteiger partial charge in [-0.2, -0.15) is 8.42 Å². The van der Waals surface area contributed by atoms with E-state index in [4.69, 9.17) is 20.5 Å². The van der Waals surface area contributed by atoms with E-state index in [0.717, 1.165) is 5.69 Å². The number of esters is 1. The van der Waals surface area contributed by atoms with E-state index in [1.165, 1.54) is 19.4 Å². The zero-order valence-electron chi connectivity index (χ0n) is 13.9. The van der Waals surface area contributed by atoms with Crippen LogP contribution in [0.3, 0.4) is 0 Å². The van der Waals surface area contributed by atoms with E-state index in [-0.39, 0.29) is 17.4 Å². The van der Waals surface area contributed by atoms with E-state index in [1.54, 1.807) is 16.7 Å². The van der Waals surface area contributed by atoms with Gasteiger partial charge in [-0.3, -0.25) is 4.18 Å². The number of carbonyl (C=O) groups excluding carboxylic acids is 1. The maximum absolute atomic E-state index is 12.5. The number of hydrogen-bond donors (Lipinski definition) is 0. The van der Waals surface area contributed by atoms with Gasteiger partial charge in [0.1, 0.15) is 4.90 Å². The summed E-state index contributed by atoms with van der Waals surface area (Å²) in [6, 6.07) is 13.9. The Morgan fingerprint density at radius 1 is 1.15 bits per heavy atom. The van der Waals surface area contributed by atoms with Crippen molar-refractivity contribution in [1.29, 1.82) is 0 Å². The summed E-state index contributed by atoms with van der Waals surface area (Å²) < 4.78 is 36.5. The number of para-hydroxylation sites is 1. The fraction of sp³-hybridized carbons (Fsp3) is 0.167. The van der Waals surface area contributed by atoms with Crippen LogP contribution in [-0.4, -0.2) is 38.6 Å². The first-order valence-electron chi connectivity index (χ1n) is 7.72. The molecule has 3 aromatic rings. The molecule has 0 amide bonds. The summed E-state index contributed by atoms with van der Waals surface area (Å²) >= 11 is 5.54. The molecule has 0 aliphatic rings. The minimum absolute atomic E-state index is 0.0119. The summed E-state index contributed by atoms with van der Waals surface area (Å²) in [6.45, 7) is -0.123. The fourth-order valence-electron chi connectivity index (χ4n) is 2.65. The van der Waals surface area contributed by atoms with Gasteiger partial charge in [-0.05, 0) is 24.3 Å². The van der Waals surface area contributed by atoms with Crippen molar-refractivity contribution in [2.75, 3.05) is 19.6 Å². The average molecular weight is 394 g/mol. The summed E-state index contributed by atoms with van der Waals surface area (Å²) in [4.78, 5) is 11.9. The van der Waals surface area contributed by atoms with E-state index in [1.807, 2.05) is 30.3 Å². The number of carbonyl (C=O) groups is 1. The lowest BCUT2D eigenvalue weighted by Crippen LogP contribution is -2.08. The molecular formula is C18H16ClNO5S. The molecule has 3 rings (SSSR count). The minimum atomic E-state index is -4.00. The number of methoxy groups -OCH3 is 1. The molecule has 6 nitrogen and oxygen atoms in total. The second-order valence-corrected chi connectivity index (χ2v) is 7.35. The molecular weight excluding hydrogens is 378 g/mol. The molecule has 136 valence electrons. The van der Waals surface area contributed by atoms with Gasteiger partial charge in [-0.1, -0.05) is 24.3 Å². The highest BCUT2D eigenvalue weighted by Gasteiger charge is 2.23. The molecule has 0 aliphatic heterocycles. The molecule has 0 atom stereocenters. The normalized spacial score (nSPS) is 11.6. The van der Waals surface area contributed by atoms with E-state index < -0.39 is 16.1 Å². The van der Waals surface area contributed by atoms with Crippen LogP contribution in [0.5, 0.6) is 0 Å². The van der Waals surface area contributed by atoms with Crippen LogP contribution in [0.1, 0.15) is 10.4 Å². The van der Waals surface area contributed by atoms with Gasteiger partial charge < -0.3 is 9.30 Å². The maximum atomic E-state index is 12.5. The molecule has 8 heteroatoms. The maximum Gasteiger partial charge on any atom is 0.337 e. The van der Waals surface area contributed by atoms with Crippen molar-refractivity contribution in [1.82, 2.24) is 4.57 Å². The number of fused-ring (bicyclic) bond motifs is 1. The summed E-state index contributed by atoms with van der Waals surface area (Å²) in [5.74, 6) is -0.446. The van der Waals surface area contributed by atoms with Crippen LogP contribution in [0.15, 0.2) is 59.6 Å². The van der Waals surface area contributed by atoms with Crippen molar-refractivity contribution in [2.24, 2.45) is 0 Å². The molecule has 26 heavy (non-hydrogen) atoms. The van der Waals surface area contributed by atoms with Gasteiger partial charge in [0.05, 0.1) is 24.8 Å². The third-order valence-electron chi connectivity index (χ3n) is 3.81. The topological polar surface area (TPSA) is 74.6 Å². The summed E-state index contributed by atoms with van der Waals surface area (Å²) in [7, 11) is -2.71. The standard InChI is InChI=1S/C18H16ClNO5S/c1-24-18(21)13-7-8-15-16(11-13)20(14-5-3-2-4-6-14)12-17(15)26(22,23)25-10-9-19/h2-8,11-12H,9-10H2,1H3. The van der Waals surface area contributed by atoms with Crippen LogP contribution in [-0.2, 0) is 19.0 Å². The second kappa shape index (κ2) is 7.49. The first-order chi connectivity index (χ1) is 12.5. The second-order valence-electron chi connectivity index (χ2n) is 5.39. The van der Waals surface area contributed by atoms with Gasteiger partial charge in [0.2, 0.25) is 0 Å². The number of halogens is 1. The Kier molecular flexibility index (Phi) is 5.31. The highest BCUT2D eigenvalue weighted by Crippen LogP contribution is 2.30. The zero-order valence-corrected chi connectivity index (χ0v) is 15.5. The molecule has 0 saturated heterocycles. The highest BCUT2D eigenvalue weighted by atomic mass is 35.5. The summed E-state index contributed by atoms with van der Waals surface area (Å²) in [5.41, 5.74) is 1.62. The lowest BCUT2D eigenvalue weighted by molar-refractivity contribution is 0.0601. The average Bonchev–Trinajstić information content (AvgIpc) is 3.06.